The number of hydrogen-bond acceptors (Lipinski definition) is 5. The van der Waals surface area contributed by atoms with Crippen molar-refractivity contribution in [3.8, 4) is 5.75 Å². The first-order valence-corrected chi connectivity index (χ1v) is 6.04. The Morgan fingerprint density at radius 1 is 1.30 bits per heavy atom. The lowest BCUT2D eigenvalue weighted by atomic mass is 10.1. The molecule has 0 saturated carbocycles. The van der Waals surface area contributed by atoms with Crippen LogP contribution in [0.1, 0.15) is 10.4 Å². The third-order valence-corrected chi connectivity index (χ3v) is 2.93. The Labute approximate surface area is 114 Å². The van der Waals surface area contributed by atoms with Gasteiger partial charge in [-0.15, -0.1) is 0 Å². The van der Waals surface area contributed by atoms with Gasteiger partial charge in [-0.3, -0.25) is 20.1 Å². The topological polar surface area (TPSA) is 83.0 Å². The number of benzene rings is 1. The van der Waals surface area contributed by atoms with Crippen molar-refractivity contribution in [3.05, 3.63) is 54.7 Å². The van der Waals surface area contributed by atoms with Gasteiger partial charge in [0, 0.05) is 24.0 Å². The average molecular weight is 268 g/mol. The number of carbonyl (C=O) groups excluding carboxylic acids is 1. The van der Waals surface area contributed by atoms with Gasteiger partial charge in [0.15, 0.2) is 0 Å². The van der Waals surface area contributed by atoms with Crippen LogP contribution in [-0.4, -0.2) is 27.2 Å². The Morgan fingerprint density at radius 3 is 2.95 bits per heavy atom. The minimum absolute atomic E-state index is 0.0799. The standard InChI is InChI=1S/C14H12N4O2/c15-8-20-10-1-2-13-12(7-10)11(3-4-17-13)14(19)18-6-5-16-9-18/h1-7,9H,8,15H2. The maximum Gasteiger partial charge on any atom is 0.263 e. The van der Waals surface area contributed by atoms with Crippen molar-refractivity contribution in [2.75, 3.05) is 6.73 Å². The van der Waals surface area contributed by atoms with E-state index in [1.807, 2.05) is 0 Å². The van der Waals surface area contributed by atoms with Gasteiger partial charge in [0.05, 0.1) is 11.1 Å². The number of pyridine rings is 1. The molecule has 1 aromatic carbocycles. The molecular weight excluding hydrogens is 256 g/mol. The molecule has 2 N–H and O–H groups in total. The van der Waals surface area contributed by atoms with Crippen LogP contribution in [0.3, 0.4) is 0 Å². The van der Waals surface area contributed by atoms with E-state index in [0.717, 1.165) is 10.9 Å². The third kappa shape index (κ3) is 2.12. The number of nitrogens with two attached hydrogens (primary N) is 1. The second-order valence-corrected chi connectivity index (χ2v) is 4.12. The molecule has 6 heteroatoms. The monoisotopic (exact) mass is 268 g/mol. The molecule has 2 aromatic heterocycles. The van der Waals surface area contributed by atoms with Gasteiger partial charge < -0.3 is 4.74 Å². The molecule has 0 amide bonds. The predicted octanol–water partition coefficient (Wildman–Crippen LogP) is 1.41. The molecule has 100 valence electrons. The summed E-state index contributed by atoms with van der Waals surface area (Å²) in [5.74, 6) is 0.437. The molecule has 0 atom stereocenters. The molecule has 0 unspecified atom stereocenters. The number of fused-ring (bicyclic) bond motifs is 1. The zero-order valence-corrected chi connectivity index (χ0v) is 10.6. The van der Waals surface area contributed by atoms with E-state index in [9.17, 15) is 4.79 Å². The van der Waals surface area contributed by atoms with Crippen LogP contribution in [0.5, 0.6) is 5.75 Å². The Morgan fingerprint density at radius 2 is 2.20 bits per heavy atom. The van der Waals surface area contributed by atoms with Crippen molar-refractivity contribution in [2.45, 2.75) is 0 Å². The lowest BCUT2D eigenvalue weighted by molar-refractivity contribution is 0.0961. The first-order chi connectivity index (χ1) is 9.79. The Bertz CT molecular complexity index is 753. The number of hydrogen-bond donors (Lipinski definition) is 1. The van der Waals surface area contributed by atoms with Crippen LogP contribution >= 0.6 is 0 Å². The van der Waals surface area contributed by atoms with E-state index < -0.39 is 0 Å². The number of nitrogens with zero attached hydrogens (tertiary/aromatic N) is 3. The van der Waals surface area contributed by atoms with E-state index in [4.69, 9.17) is 10.5 Å². The van der Waals surface area contributed by atoms with Crippen LogP contribution in [0, 0.1) is 0 Å². The van der Waals surface area contributed by atoms with Gasteiger partial charge in [-0.1, -0.05) is 0 Å². The van der Waals surface area contributed by atoms with Gasteiger partial charge in [-0.2, -0.15) is 0 Å². The highest BCUT2D eigenvalue weighted by Gasteiger charge is 2.13. The summed E-state index contributed by atoms with van der Waals surface area (Å²) in [6.07, 6.45) is 6.24. The summed E-state index contributed by atoms with van der Waals surface area (Å²) >= 11 is 0. The highest BCUT2D eigenvalue weighted by molar-refractivity contribution is 6.07. The highest BCUT2D eigenvalue weighted by Crippen LogP contribution is 2.23. The molecule has 0 bridgehead atoms. The van der Waals surface area contributed by atoms with Crippen molar-refractivity contribution in [1.82, 2.24) is 14.5 Å². The summed E-state index contributed by atoms with van der Waals surface area (Å²) in [4.78, 5) is 20.5. The smallest absolute Gasteiger partial charge is 0.263 e. The van der Waals surface area contributed by atoms with Crippen LogP contribution in [0.15, 0.2) is 49.2 Å². The van der Waals surface area contributed by atoms with Crippen molar-refractivity contribution < 1.29 is 9.53 Å². The van der Waals surface area contributed by atoms with Gasteiger partial charge in [0.25, 0.3) is 5.91 Å². The normalized spacial score (nSPS) is 10.7. The summed E-state index contributed by atoms with van der Waals surface area (Å²) in [6, 6.07) is 7.01. The molecule has 0 saturated heterocycles. The Kier molecular flexibility index (Phi) is 3.14. The number of rotatable bonds is 3. The molecule has 0 aliphatic rings. The SMILES string of the molecule is NCOc1ccc2nccc(C(=O)n3ccnc3)c2c1. The highest BCUT2D eigenvalue weighted by atomic mass is 16.5. The maximum atomic E-state index is 12.4. The van der Waals surface area contributed by atoms with E-state index in [2.05, 4.69) is 9.97 Å². The van der Waals surface area contributed by atoms with Crippen molar-refractivity contribution in [3.63, 3.8) is 0 Å². The summed E-state index contributed by atoms with van der Waals surface area (Å²) in [6.45, 7) is 0.0799. The molecule has 0 aliphatic carbocycles. The van der Waals surface area contributed by atoms with E-state index in [1.54, 1.807) is 42.9 Å². The third-order valence-electron chi connectivity index (χ3n) is 2.93. The minimum Gasteiger partial charge on any atom is -0.479 e. The van der Waals surface area contributed by atoms with Crippen molar-refractivity contribution in [1.29, 1.82) is 0 Å². The van der Waals surface area contributed by atoms with Crippen molar-refractivity contribution in [2.24, 2.45) is 5.73 Å². The molecule has 6 nitrogen and oxygen atoms in total. The summed E-state index contributed by atoms with van der Waals surface area (Å²) in [5, 5.41) is 0.720. The zero-order valence-electron chi connectivity index (χ0n) is 10.6. The summed E-state index contributed by atoms with van der Waals surface area (Å²) in [5.41, 5.74) is 6.62. The molecule has 0 radical (unpaired) electrons. The van der Waals surface area contributed by atoms with Gasteiger partial charge in [-0.25, -0.2) is 4.98 Å². The van der Waals surface area contributed by atoms with E-state index in [1.165, 1.54) is 10.9 Å². The fourth-order valence-electron chi connectivity index (χ4n) is 2.02. The second-order valence-electron chi connectivity index (χ2n) is 4.12. The second kappa shape index (κ2) is 5.10. The van der Waals surface area contributed by atoms with E-state index >= 15 is 0 Å². The summed E-state index contributed by atoms with van der Waals surface area (Å²) < 4.78 is 6.68. The van der Waals surface area contributed by atoms with Crippen LogP contribution in [0.4, 0.5) is 0 Å². The lowest BCUT2D eigenvalue weighted by Crippen LogP contribution is -2.11. The molecule has 0 spiro atoms. The largest absolute Gasteiger partial charge is 0.479 e. The van der Waals surface area contributed by atoms with Crippen LogP contribution in [0.2, 0.25) is 0 Å². The van der Waals surface area contributed by atoms with E-state index in [-0.39, 0.29) is 12.6 Å². The van der Waals surface area contributed by atoms with Crippen LogP contribution in [-0.2, 0) is 0 Å². The predicted molar refractivity (Wildman–Crippen MR) is 73.4 cm³/mol. The van der Waals surface area contributed by atoms with Gasteiger partial charge in [0.2, 0.25) is 0 Å². The molecule has 0 fully saturated rings. The fraction of sp³-hybridized carbons (Fsp3) is 0.0714. The van der Waals surface area contributed by atoms with Crippen molar-refractivity contribution >= 4 is 16.8 Å². The zero-order chi connectivity index (χ0) is 13.9. The molecule has 20 heavy (non-hydrogen) atoms. The minimum atomic E-state index is -0.167. The average Bonchev–Trinajstić information content (AvgIpc) is 3.00. The van der Waals surface area contributed by atoms with Crippen LogP contribution in [0.25, 0.3) is 10.9 Å². The molecule has 3 aromatic rings. The first kappa shape index (κ1) is 12.3. The number of carbonyl (C=O) groups is 1. The first-order valence-electron chi connectivity index (χ1n) is 6.04. The quantitative estimate of drug-likeness (QED) is 0.726. The van der Waals surface area contributed by atoms with Gasteiger partial charge >= 0.3 is 0 Å². The van der Waals surface area contributed by atoms with Gasteiger partial charge in [-0.05, 0) is 24.3 Å². The van der Waals surface area contributed by atoms with Gasteiger partial charge in [0.1, 0.15) is 18.8 Å². The number of aromatic nitrogens is 3. The Hall–Kier alpha value is -2.73. The number of ether oxygens (including phenoxy) is 1. The molecule has 3 rings (SSSR count). The molecule has 2 heterocycles. The lowest BCUT2D eigenvalue weighted by Gasteiger charge is -2.08. The van der Waals surface area contributed by atoms with E-state index in [0.29, 0.717) is 11.3 Å². The maximum absolute atomic E-state index is 12.4. The molecule has 0 aliphatic heterocycles. The molecular formula is C14H12N4O2. The Balaban J connectivity index is 2.14. The fourth-order valence-corrected chi connectivity index (χ4v) is 2.02. The number of imidazole rings is 1. The van der Waals surface area contributed by atoms with Crippen LogP contribution < -0.4 is 10.5 Å². The summed E-state index contributed by atoms with van der Waals surface area (Å²) in [7, 11) is 0.